The molecule has 94 valence electrons. The van der Waals surface area contributed by atoms with Crippen molar-refractivity contribution in [2.24, 2.45) is 0 Å². The molecule has 0 unspecified atom stereocenters. The Balaban J connectivity index is 2.11. The van der Waals surface area contributed by atoms with E-state index in [2.05, 4.69) is 0 Å². The van der Waals surface area contributed by atoms with Crippen molar-refractivity contribution >= 4 is 23.2 Å². The summed E-state index contributed by atoms with van der Waals surface area (Å²) in [5, 5.41) is 0.360. The fourth-order valence-corrected chi connectivity index (χ4v) is 1.99. The van der Waals surface area contributed by atoms with Crippen molar-refractivity contribution in [3.05, 3.63) is 64.4 Å². The molecule has 18 heavy (non-hydrogen) atoms. The lowest BCUT2D eigenvalue weighted by Crippen LogP contribution is -1.98. The van der Waals surface area contributed by atoms with Gasteiger partial charge < -0.3 is 4.74 Å². The van der Waals surface area contributed by atoms with E-state index in [0.717, 1.165) is 11.1 Å². The quantitative estimate of drug-likeness (QED) is 0.733. The van der Waals surface area contributed by atoms with Gasteiger partial charge in [-0.05, 0) is 18.2 Å². The van der Waals surface area contributed by atoms with Crippen molar-refractivity contribution in [2.45, 2.75) is 12.5 Å². The summed E-state index contributed by atoms with van der Waals surface area (Å²) in [4.78, 5) is 0. The number of rotatable bonds is 4. The number of hydrogen-bond donors (Lipinski definition) is 0. The normalized spacial score (nSPS) is 10.4. The molecule has 0 aliphatic heterocycles. The topological polar surface area (TPSA) is 9.23 Å². The number of hydrogen-bond acceptors (Lipinski definition) is 1. The van der Waals surface area contributed by atoms with Crippen LogP contribution in [0.3, 0.4) is 0 Å². The van der Waals surface area contributed by atoms with Crippen LogP contribution in [0, 0.1) is 5.82 Å². The number of ether oxygens (including phenoxy) is 1. The first-order chi connectivity index (χ1) is 8.70. The van der Waals surface area contributed by atoms with Crippen LogP contribution in [0.25, 0.3) is 0 Å². The number of halogens is 3. The van der Waals surface area contributed by atoms with Gasteiger partial charge in [-0.25, -0.2) is 4.39 Å². The Hall–Kier alpha value is -1.25. The Labute approximate surface area is 115 Å². The third kappa shape index (κ3) is 3.15. The van der Waals surface area contributed by atoms with Gasteiger partial charge in [0.2, 0.25) is 0 Å². The smallest absolute Gasteiger partial charge is 0.124 e. The predicted octanol–water partition coefficient (Wildman–Crippen LogP) is 4.80. The molecule has 1 nitrogen and oxygen atoms in total. The molecule has 2 aromatic carbocycles. The average molecular weight is 285 g/mol. The molecule has 0 atom stereocenters. The van der Waals surface area contributed by atoms with Gasteiger partial charge >= 0.3 is 0 Å². The summed E-state index contributed by atoms with van der Waals surface area (Å²) in [5.41, 5.74) is 1.65. The van der Waals surface area contributed by atoms with Gasteiger partial charge in [0.05, 0.1) is 10.9 Å². The van der Waals surface area contributed by atoms with E-state index < -0.39 is 0 Å². The van der Waals surface area contributed by atoms with Gasteiger partial charge in [-0.2, -0.15) is 0 Å². The lowest BCUT2D eigenvalue weighted by molar-refractivity contribution is 0.304. The second kappa shape index (κ2) is 6.07. The molecule has 0 saturated heterocycles. The first-order valence-electron chi connectivity index (χ1n) is 5.41. The fraction of sp³-hybridized carbons (Fsp3) is 0.143. The van der Waals surface area contributed by atoms with Gasteiger partial charge in [-0.3, -0.25) is 0 Å². The first-order valence-corrected chi connectivity index (χ1v) is 6.32. The second-order valence-electron chi connectivity index (χ2n) is 3.77. The standard InChI is InChI=1S/C14H11Cl2FO/c15-8-10-3-1-2-4-14(10)18-9-11-5-6-12(17)7-13(11)16/h1-7H,8-9H2. The van der Waals surface area contributed by atoms with Crippen LogP contribution in [0.5, 0.6) is 5.75 Å². The van der Waals surface area contributed by atoms with E-state index in [1.165, 1.54) is 12.1 Å². The molecule has 4 heteroatoms. The van der Waals surface area contributed by atoms with Gasteiger partial charge in [0.15, 0.2) is 0 Å². The van der Waals surface area contributed by atoms with Gasteiger partial charge in [0, 0.05) is 11.1 Å². The fourth-order valence-electron chi connectivity index (χ4n) is 1.55. The van der Waals surface area contributed by atoms with E-state index in [-0.39, 0.29) is 12.4 Å². The number of alkyl halides is 1. The molecule has 0 N–H and O–H groups in total. The summed E-state index contributed by atoms with van der Waals surface area (Å²) in [7, 11) is 0. The molecule has 0 fully saturated rings. The predicted molar refractivity (Wildman–Crippen MR) is 71.7 cm³/mol. The molecule has 0 aliphatic rings. The molecule has 0 amide bonds. The maximum absolute atomic E-state index is 12.9. The molecule has 0 aromatic heterocycles. The highest BCUT2D eigenvalue weighted by molar-refractivity contribution is 6.31. The average Bonchev–Trinajstić information content (AvgIpc) is 2.38. The van der Waals surface area contributed by atoms with E-state index in [1.807, 2.05) is 24.3 Å². The Morgan fingerprint density at radius 2 is 1.83 bits per heavy atom. The Bertz CT molecular complexity index is 543. The highest BCUT2D eigenvalue weighted by Crippen LogP contribution is 2.23. The maximum Gasteiger partial charge on any atom is 0.124 e. The van der Waals surface area contributed by atoms with Crippen LogP contribution < -0.4 is 4.74 Å². The Morgan fingerprint density at radius 3 is 2.56 bits per heavy atom. The van der Waals surface area contributed by atoms with E-state index in [4.69, 9.17) is 27.9 Å². The van der Waals surface area contributed by atoms with Crippen LogP contribution in [-0.2, 0) is 12.5 Å². The Kier molecular flexibility index (Phi) is 4.45. The molecule has 0 spiro atoms. The van der Waals surface area contributed by atoms with Gasteiger partial charge in [0.25, 0.3) is 0 Å². The second-order valence-corrected chi connectivity index (χ2v) is 4.44. The number of benzene rings is 2. The Morgan fingerprint density at radius 1 is 1.06 bits per heavy atom. The molecule has 0 bridgehead atoms. The molecule has 2 aromatic rings. The number of para-hydroxylation sites is 1. The summed E-state index contributed by atoms with van der Waals surface area (Å²) in [6.45, 7) is 0.285. The highest BCUT2D eigenvalue weighted by Gasteiger charge is 2.05. The molecule has 0 heterocycles. The minimum atomic E-state index is -0.357. The molecular weight excluding hydrogens is 274 g/mol. The monoisotopic (exact) mass is 284 g/mol. The van der Waals surface area contributed by atoms with E-state index in [1.54, 1.807) is 6.07 Å². The molecule has 0 radical (unpaired) electrons. The summed E-state index contributed by atoms with van der Waals surface area (Å²) in [6, 6.07) is 11.8. The molecule has 2 rings (SSSR count). The van der Waals surface area contributed by atoms with Crippen molar-refractivity contribution in [1.29, 1.82) is 0 Å². The van der Waals surface area contributed by atoms with Crippen molar-refractivity contribution < 1.29 is 9.13 Å². The van der Waals surface area contributed by atoms with Crippen molar-refractivity contribution in [1.82, 2.24) is 0 Å². The van der Waals surface area contributed by atoms with Crippen molar-refractivity contribution in [3.8, 4) is 5.75 Å². The van der Waals surface area contributed by atoms with Crippen LogP contribution in [-0.4, -0.2) is 0 Å². The zero-order valence-electron chi connectivity index (χ0n) is 9.50. The molecule has 0 saturated carbocycles. The largest absolute Gasteiger partial charge is 0.489 e. The lowest BCUT2D eigenvalue weighted by Gasteiger charge is -2.10. The minimum Gasteiger partial charge on any atom is -0.489 e. The lowest BCUT2D eigenvalue weighted by atomic mass is 10.2. The first kappa shape index (κ1) is 13.2. The van der Waals surface area contributed by atoms with Gasteiger partial charge in [-0.1, -0.05) is 35.9 Å². The summed E-state index contributed by atoms with van der Waals surface area (Å²) < 4.78 is 18.5. The van der Waals surface area contributed by atoms with Crippen LogP contribution >= 0.6 is 23.2 Å². The summed E-state index contributed by atoms with van der Waals surface area (Å²) in [6.07, 6.45) is 0. The SMILES string of the molecule is Fc1ccc(COc2ccccc2CCl)c(Cl)c1. The summed E-state index contributed by atoms with van der Waals surface area (Å²) in [5.74, 6) is 0.741. The minimum absolute atomic E-state index is 0.285. The zero-order valence-corrected chi connectivity index (χ0v) is 11.0. The zero-order chi connectivity index (χ0) is 13.0. The van der Waals surface area contributed by atoms with Crippen molar-refractivity contribution in [3.63, 3.8) is 0 Å². The molecular formula is C14H11Cl2FO. The highest BCUT2D eigenvalue weighted by atomic mass is 35.5. The van der Waals surface area contributed by atoms with Crippen LogP contribution in [0.1, 0.15) is 11.1 Å². The van der Waals surface area contributed by atoms with Crippen LogP contribution in [0.2, 0.25) is 5.02 Å². The third-order valence-corrected chi connectivity index (χ3v) is 3.15. The van der Waals surface area contributed by atoms with Crippen LogP contribution in [0.4, 0.5) is 4.39 Å². The maximum atomic E-state index is 12.9. The van der Waals surface area contributed by atoms with Crippen LogP contribution in [0.15, 0.2) is 42.5 Å². The van der Waals surface area contributed by atoms with E-state index >= 15 is 0 Å². The van der Waals surface area contributed by atoms with Gasteiger partial charge in [-0.15, -0.1) is 11.6 Å². The van der Waals surface area contributed by atoms with Crippen molar-refractivity contribution in [2.75, 3.05) is 0 Å². The third-order valence-electron chi connectivity index (χ3n) is 2.51. The van der Waals surface area contributed by atoms with Gasteiger partial charge in [0.1, 0.15) is 18.2 Å². The van der Waals surface area contributed by atoms with E-state index in [9.17, 15) is 4.39 Å². The molecule has 0 aliphatic carbocycles. The van der Waals surface area contributed by atoms with E-state index in [0.29, 0.717) is 16.7 Å². The summed E-state index contributed by atoms with van der Waals surface area (Å²) >= 11 is 11.7.